The van der Waals surface area contributed by atoms with E-state index in [1.807, 2.05) is 0 Å². The van der Waals surface area contributed by atoms with Crippen molar-refractivity contribution in [2.75, 3.05) is 7.11 Å². The number of hydrogen-bond acceptors (Lipinski definition) is 4. The van der Waals surface area contributed by atoms with E-state index in [-0.39, 0.29) is 0 Å². The van der Waals surface area contributed by atoms with Crippen LogP contribution in [0.25, 0.3) is 11.0 Å². The first-order chi connectivity index (χ1) is 11.5. The van der Waals surface area contributed by atoms with Crippen LogP contribution in [0.3, 0.4) is 0 Å². The molecule has 3 aromatic rings. The Morgan fingerprint density at radius 3 is 2.42 bits per heavy atom. The predicted molar refractivity (Wildman–Crippen MR) is 94.3 cm³/mol. The topological polar surface area (TPSA) is 49.2 Å². The SMILES string of the molecule is COCn1c(C)c(C)c2ncnc(OCc3c(C)cccc3C)c21. The fourth-order valence-corrected chi connectivity index (χ4v) is 3.04. The number of aromatic nitrogens is 3. The van der Waals surface area contributed by atoms with Crippen molar-refractivity contribution in [3.8, 4) is 5.88 Å². The molecule has 5 nitrogen and oxygen atoms in total. The molecule has 0 fully saturated rings. The van der Waals surface area contributed by atoms with Gasteiger partial charge >= 0.3 is 0 Å². The van der Waals surface area contributed by atoms with Crippen LogP contribution in [0.5, 0.6) is 5.88 Å². The summed E-state index contributed by atoms with van der Waals surface area (Å²) in [5.41, 5.74) is 7.68. The molecule has 0 atom stereocenters. The highest BCUT2D eigenvalue weighted by molar-refractivity contribution is 5.85. The molecule has 126 valence electrons. The van der Waals surface area contributed by atoms with Crippen molar-refractivity contribution in [2.45, 2.75) is 41.0 Å². The van der Waals surface area contributed by atoms with Crippen molar-refractivity contribution in [2.24, 2.45) is 0 Å². The molecule has 5 heteroatoms. The standard InChI is InChI=1S/C19H23N3O2/c1-12-7-6-8-13(2)16(12)9-24-19-18-17(20-10-21-19)14(3)15(4)22(18)11-23-5/h6-8,10H,9,11H2,1-5H3. The van der Waals surface area contributed by atoms with Gasteiger partial charge < -0.3 is 14.0 Å². The lowest BCUT2D eigenvalue weighted by Crippen LogP contribution is -2.06. The van der Waals surface area contributed by atoms with Crippen molar-refractivity contribution in [3.63, 3.8) is 0 Å². The van der Waals surface area contributed by atoms with Crippen LogP contribution in [0.15, 0.2) is 24.5 Å². The van der Waals surface area contributed by atoms with Crippen molar-refractivity contribution in [1.29, 1.82) is 0 Å². The van der Waals surface area contributed by atoms with Crippen molar-refractivity contribution in [1.82, 2.24) is 14.5 Å². The second-order valence-corrected chi connectivity index (χ2v) is 6.09. The molecule has 2 aromatic heterocycles. The Hall–Kier alpha value is -2.40. The average Bonchev–Trinajstić information content (AvgIpc) is 2.81. The molecular weight excluding hydrogens is 302 g/mol. The summed E-state index contributed by atoms with van der Waals surface area (Å²) in [7, 11) is 1.68. The van der Waals surface area contributed by atoms with Crippen molar-refractivity contribution < 1.29 is 9.47 Å². The quantitative estimate of drug-likeness (QED) is 0.715. The van der Waals surface area contributed by atoms with Crippen molar-refractivity contribution >= 4 is 11.0 Å². The fourth-order valence-electron chi connectivity index (χ4n) is 3.04. The largest absolute Gasteiger partial charge is 0.471 e. The third-order valence-electron chi connectivity index (χ3n) is 4.62. The van der Waals surface area contributed by atoms with Gasteiger partial charge in [0.2, 0.25) is 5.88 Å². The Labute approximate surface area is 142 Å². The second kappa shape index (κ2) is 6.61. The van der Waals surface area contributed by atoms with E-state index < -0.39 is 0 Å². The van der Waals surface area contributed by atoms with E-state index >= 15 is 0 Å². The van der Waals surface area contributed by atoms with Crippen LogP contribution < -0.4 is 4.74 Å². The Kier molecular flexibility index (Phi) is 4.53. The normalized spacial score (nSPS) is 11.2. The van der Waals surface area contributed by atoms with Gasteiger partial charge in [0.05, 0.1) is 5.52 Å². The third-order valence-corrected chi connectivity index (χ3v) is 4.62. The van der Waals surface area contributed by atoms with Crippen LogP contribution in [-0.4, -0.2) is 21.6 Å². The summed E-state index contributed by atoms with van der Waals surface area (Å²) in [4.78, 5) is 8.80. The molecule has 0 aliphatic rings. The Balaban J connectivity index is 2.02. The second-order valence-electron chi connectivity index (χ2n) is 6.09. The minimum atomic E-state index is 0.448. The monoisotopic (exact) mass is 325 g/mol. The molecule has 0 N–H and O–H groups in total. The lowest BCUT2D eigenvalue weighted by Gasteiger charge is -2.13. The predicted octanol–water partition coefficient (Wildman–Crippen LogP) is 3.85. The van der Waals surface area contributed by atoms with E-state index in [0.717, 1.165) is 22.3 Å². The molecule has 3 rings (SSSR count). The maximum atomic E-state index is 6.09. The number of benzene rings is 1. The highest BCUT2D eigenvalue weighted by Gasteiger charge is 2.17. The summed E-state index contributed by atoms with van der Waals surface area (Å²) < 4.78 is 13.5. The molecule has 0 amide bonds. The molecule has 0 bridgehead atoms. The minimum Gasteiger partial charge on any atom is -0.471 e. The lowest BCUT2D eigenvalue weighted by molar-refractivity contribution is 0.132. The maximum absolute atomic E-state index is 6.09. The summed E-state index contributed by atoms with van der Waals surface area (Å²) in [5.74, 6) is 0.593. The summed E-state index contributed by atoms with van der Waals surface area (Å²) in [5, 5.41) is 0. The average molecular weight is 325 g/mol. The molecule has 2 heterocycles. The Morgan fingerprint density at radius 1 is 1.04 bits per heavy atom. The molecule has 0 radical (unpaired) electrons. The van der Waals surface area contributed by atoms with Gasteiger partial charge in [-0.15, -0.1) is 0 Å². The zero-order valence-corrected chi connectivity index (χ0v) is 14.9. The van der Waals surface area contributed by atoms with Crippen LogP contribution >= 0.6 is 0 Å². The molecule has 0 saturated carbocycles. The number of hydrogen-bond donors (Lipinski definition) is 0. The third kappa shape index (κ3) is 2.76. The lowest BCUT2D eigenvalue weighted by atomic mass is 10.0. The fraction of sp³-hybridized carbons (Fsp3) is 0.368. The van der Waals surface area contributed by atoms with Gasteiger partial charge in [0.15, 0.2) is 0 Å². The molecule has 0 saturated heterocycles. The van der Waals surface area contributed by atoms with Gasteiger partial charge in [0, 0.05) is 12.8 Å². The first-order valence-corrected chi connectivity index (χ1v) is 8.01. The number of fused-ring (bicyclic) bond motifs is 1. The smallest absolute Gasteiger partial charge is 0.242 e. The van der Waals surface area contributed by atoms with Crippen LogP contribution in [0.1, 0.15) is 27.9 Å². The van der Waals surface area contributed by atoms with E-state index in [1.165, 1.54) is 16.7 Å². The summed E-state index contributed by atoms with van der Waals surface area (Å²) >= 11 is 0. The van der Waals surface area contributed by atoms with E-state index in [1.54, 1.807) is 13.4 Å². The van der Waals surface area contributed by atoms with Gasteiger partial charge in [-0.2, -0.15) is 4.98 Å². The number of ether oxygens (including phenoxy) is 2. The first-order valence-electron chi connectivity index (χ1n) is 8.01. The summed E-state index contributed by atoms with van der Waals surface area (Å²) in [6.07, 6.45) is 1.56. The van der Waals surface area contributed by atoms with Crippen LogP contribution in [0.4, 0.5) is 0 Å². The number of methoxy groups -OCH3 is 1. The van der Waals surface area contributed by atoms with Crippen LogP contribution in [0.2, 0.25) is 0 Å². The summed E-state index contributed by atoms with van der Waals surface area (Å²) in [6.45, 7) is 9.26. The van der Waals surface area contributed by atoms with Crippen LogP contribution in [0, 0.1) is 27.7 Å². The maximum Gasteiger partial charge on any atom is 0.242 e. The Morgan fingerprint density at radius 2 is 1.75 bits per heavy atom. The van der Waals surface area contributed by atoms with Gasteiger partial charge in [0.1, 0.15) is 25.2 Å². The van der Waals surface area contributed by atoms with E-state index in [0.29, 0.717) is 19.2 Å². The molecule has 0 unspecified atom stereocenters. The zero-order chi connectivity index (χ0) is 17.3. The number of aryl methyl sites for hydroxylation is 3. The molecule has 0 aliphatic carbocycles. The van der Waals surface area contributed by atoms with Gasteiger partial charge in [-0.1, -0.05) is 18.2 Å². The van der Waals surface area contributed by atoms with E-state index in [4.69, 9.17) is 9.47 Å². The molecule has 0 aliphatic heterocycles. The highest BCUT2D eigenvalue weighted by Crippen LogP contribution is 2.30. The molecule has 24 heavy (non-hydrogen) atoms. The van der Waals surface area contributed by atoms with E-state index in [9.17, 15) is 0 Å². The summed E-state index contributed by atoms with van der Waals surface area (Å²) in [6, 6.07) is 6.26. The van der Waals surface area contributed by atoms with Gasteiger partial charge in [-0.3, -0.25) is 0 Å². The van der Waals surface area contributed by atoms with Gasteiger partial charge in [-0.25, -0.2) is 4.98 Å². The Bertz CT molecular complexity index is 864. The first kappa shape index (κ1) is 16.5. The zero-order valence-electron chi connectivity index (χ0n) is 14.9. The highest BCUT2D eigenvalue weighted by atomic mass is 16.5. The van der Waals surface area contributed by atoms with Crippen LogP contribution in [-0.2, 0) is 18.1 Å². The number of nitrogens with zero attached hydrogens (tertiary/aromatic N) is 3. The van der Waals surface area contributed by atoms with Gasteiger partial charge in [-0.05, 0) is 49.9 Å². The molecule has 0 spiro atoms. The van der Waals surface area contributed by atoms with E-state index in [2.05, 4.69) is 60.4 Å². The van der Waals surface area contributed by atoms with Gasteiger partial charge in [0.25, 0.3) is 0 Å². The molecule has 1 aromatic carbocycles. The van der Waals surface area contributed by atoms with Crippen molar-refractivity contribution in [3.05, 3.63) is 52.5 Å². The molecular formula is C19H23N3O2. The minimum absolute atomic E-state index is 0.448. The number of rotatable bonds is 5.